The molecule has 0 unspecified atom stereocenters. The number of fused-ring (bicyclic) bond motifs is 1. The van der Waals surface area contributed by atoms with E-state index in [9.17, 15) is 9.59 Å². The van der Waals surface area contributed by atoms with Crippen LogP contribution in [0.2, 0.25) is 0 Å². The Morgan fingerprint density at radius 1 is 1.27 bits per heavy atom. The highest BCUT2D eigenvalue weighted by Gasteiger charge is 2.16. The summed E-state index contributed by atoms with van der Waals surface area (Å²) < 4.78 is 1.61. The Balaban J connectivity index is 2.25. The zero-order valence-corrected chi connectivity index (χ0v) is 11.9. The van der Waals surface area contributed by atoms with Crippen LogP contribution in [-0.2, 0) is 11.3 Å². The quantitative estimate of drug-likeness (QED) is 0.747. The average molecular weight is 295 g/mol. The number of aliphatic carboxylic acids is 1. The number of nitrogens with zero attached hydrogens (tertiary/aromatic N) is 3. The Morgan fingerprint density at radius 2 is 2.09 bits per heavy atom. The molecule has 0 radical (unpaired) electrons. The van der Waals surface area contributed by atoms with Crippen molar-refractivity contribution < 1.29 is 14.7 Å². The van der Waals surface area contributed by atoms with Crippen molar-refractivity contribution in [1.29, 1.82) is 0 Å². The fourth-order valence-corrected chi connectivity index (χ4v) is 2.36. The second-order valence-electron chi connectivity index (χ2n) is 4.92. The lowest BCUT2D eigenvalue weighted by Gasteiger charge is -2.06. The Morgan fingerprint density at radius 3 is 2.73 bits per heavy atom. The van der Waals surface area contributed by atoms with Gasteiger partial charge in [-0.1, -0.05) is 0 Å². The number of rotatable bonds is 4. The van der Waals surface area contributed by atoms with Gasteiger partial charge in [-0.05, 0) is 37.3 Å². The first kappa shape index (κ1) is 13.9. The van der Waals surface area contributed by atoms with Crippen molar-refractivity contribution in [2.45, 2.75) is 13.5 Å². The molecule has 0 bridgehead atoms. The highest BCUT2D eigenvalue weighted by molar-refractivity contribution is 5.97. The number of pyridine rings is 1. The molecular formula is C16H13N3O3. The maximum absolute atomic E-state index is 11.5. The summed E-state index contributed by atoms with van der Waals surface area (Å²) in [6, 6.07) is 8.66. The lowest BCUT2D eigenvalue weighted by atomic mass is 10.1. The van der Waals surface area contributed by atoms with Crippen molar-refractivity contribution in [3.05, 3.63) is 48.3 Å². The summed E-state index contributed by atoms with van der Waals surface area (Å²) in [4.78, 5) is 31.2. The van der Waals surface area contributed by atoms with Crippen molar-refractivity contribution >= 4 is 22.8 Å². The number of imidazole rings is 1. The standard InChI is InChI=1S/C16H13N3O3/c1-10(20)11-4-5-14-13(7-11)18-16(19(14)9-15(21)22)12-3-2-6-17-8-12/h2-8H,9H2,1H3,(H,21,22). The van der Waals surface area contributed by atoms with Crippen LogP contribution in [0.4, 0.5) is 0 Å². The van der Waals surface area contributed by atoms with E-state index in [1.807, 2.05) is 6.07 Å². The molecule has 22 heavy (non-hydrogen) atoms. The first-order valence-electron chi connectivity index (χ1n) is 6.69. The van der Waals surface area contributed by atoms with Gasteiger partial charge >= 0.3 is 5.97 Å². The van der Waals surface area contributed by atoms with Crippen LogP contribution in [0.5, 0.6) is 0 Å². The highest BCUT2D eigenvalue weighted by atomic mass is 16.4. The van der Waals surface area contributed by atoms with Gasteiger partial charge in [0.25, 0.3) is 0 Å². The maximum Gasteiger partial charge on any atom is 0.323 e. The van der Waals surface area contributed by atoms with E-state index in [1.165, 1.54) is 6.92 Å². The molecule has 0 spiro atoms. The van der Waals surface area contributed by atoms with Crippen molar-refractivity contribution in [3.63, 3.8) is 0 Å². The third-order valence-electron chi connectivity index (χ3n) is 3.37. The summed E-state index contributed by atoms with van der Waals surface area (Å²) in [6.07, 6.45) is 3.27. The fourth-order valence-electron chi connectivity index (χ4n) is 2.36. The molecular weight excluding hydrogens is 282 g/mol. The monoisotopic (exact) mass is 295 g/mol. The van der Waals surface area contributed by atoms with E-state index in [-0.39, 0.29) is 12.3 Å². The minimum absolute atomic E-state index is 0.0578. The van der Waals surface area contributed by atoms with E-state index in [1.54, 1.807) is 41.2 Å². The van der Waals surface area contributed by atoms with Crippen LogP contribution in [0.3, 0.4) is 0 Å². The second kappa shape index (κ2) is 5.40. The summed E-state index contributed by atoms with van der Waals surface area (Å²) in [6.45, 7) is 1.28. The molecule has 0 atom stereocenters. The van der Waals surface area contributed by atoms with Gasteiger partial charge in [0.2, 0.25) is 0 Å². The SMILES string of the molecule is CC(=O)c1ccc2c(c1)nc(-c1cccnc1)n2CC(=O)O. The average Bonchev–Trinajstić information content (AvgIpc) is 2.85. The van der Waals surface area contributed by atoms with Crippen molar-refractivity contribution in [1.82, 2.24) is 14.5 Å². The topological polar surface area (TPSA) is 85.1 Å². The molecule has 2 heterocycles. The number of hydrogen-bond donors (Lipinski definition) is 1. The van der Waals surface area contributed by atoms with Crippen molar-refractivity contribution in [2.75, 3.05) is 0 Å². The minimum atomic E-state index is -0.958. The van der Waals surface area contributed by atoms with E-state index in [0.717, 1.165) is 5.56 Å². The minimum Gasteiger partial charge on any atom is -0.480 e. The summed E-state index contributed by atoms with van der Waals surface area (Å²) in [7, 11) is 0. The van der Waals surface area contributed by atoms with Gasteiger partial charge < -0.3 is 9.67 Å². The summed E-state index contributed by atoms with van der Waals surface area (Å²) >= 11 is 0. The van der Waals surface area contributed by atoms with Crippen molar-refractivity contribution in [2.24, 2.45) is 0 Å². The third-order valence-corrected chi connectivity index (χ3v) is 3.37. The molecule has 0 aliphatic rings. The van der Waals surface area contributed by atoms with Crippen LogP contribution < -0.4 is 0 Å². The molecule has 0 saturated carbocycles. The summed E-state index contributed by atoms with van der Waals surface area (Å²) in [5, 5.41) is 9.14. The Bertz CT molecular complexity index is 869. The first-order valence-corrected chi connectivity index (χ1v) is 6.69. The Kier molecular flexibility index (Phi) is 3.42. The predicted octanol–water partition coefficient (Wildman–Crippen LogP) is 2.39. The number of Topliss-reactive ketones (excluding diaryl/α,β-unsaturated/α-hetero) is 1. The van der Waals surface area contributed by atoms with Gasteiger partial charge in [-0.3, -0.25) is 14.6 Å². The molecule has 3 aromatic rings. The lowest BCUT2D eigenvalue weighted by Crippen LogP contribution is -2.10. The number of carboxylic acid groups (broad SMARTS) is 1. The van der Waals surface area contributed by atoms with Gasteiger partial charge in [-0.15, -0.1) is 0 Å². The molecule has 110 valence electrons. The number of benzene rings is 1. The Labute approximate surface area is 126 Å². The molecule has 1 aromatic carbocycles. The molecule has 0 aliphatic carbocycles. The van der Waals surface area contributed by atoms with E-state index in [4.69, 9.17) is 5.11 Å². The zero-order chi connectivity index (χ0) is 15.7. The van der Waals surface area contributed by atoms with E-state index >= 15 is 0 Å². The molecule has 6 heteroatoms. The second-order valence-corrected chi connectivity index (χ2v) is 4.92. The van der Waals surface area contributed by atoms with Crippen LogP contribution in [0.1, 0.15) is 17.3 Å². The van der Waals surface area contributed by atoms with E-state index in [0.29, 0.717) is 22.4 Å². The first-order chi connectivity index (χ1) is 10.6. The molecule has 1 N–H and O–H groups in total. The predicted molar refractivity (Wildman–Crippen MR) is 80.6 cm³/mol. The molecule has 6 nitrogen and oxygen atoms in total. The van der Waals surface area contributed by atoms with Gasteiger partial charge in [0.1, 0.15) is 12.4 Å². The number of carboxylic acids is 1. The van der Waals surface area contributed by atoms with Gasteiger partial charge in [-0.2, -0.15) is 0 Å². The number of hydrogen-bond acceptors (Lipinski definition) is 4. The van der Waals surface area contributed by atoms with Crippen molar-refractivity contribution in [3.8, 4) is 11.4 Å². The normalized spacial score (nSPS) is 10.8. The highest BCUT2D eigenvalue weighted by Crippen LogP contribution is 2.25. The molecule has 0 aliphatic heterocycles. The van der Waals surface area contributed by atoms with Crippen LogP contribution in [0.25, 0.3) is 22.4 Å². The fraction of sp³-hybridized carbons (Fsp3) is 0.125. The summed E-state index contributed by atoms with van der Waals surface area (Å²) in [5.74, 6) is -0.496. The number of ketones is 1. The maximum atomic E-state index is 11.5. The molecule has 0 amide bonds. The van der Waals surface area contributed by atoms with Gasteiger partial charge in [0, 0.05) is 23.5 Å². The molecule has 0 fully saturated rings. The number of aromatic nitrogens is 3. The van der Waals surface area contributed by atoms with Crippen LogP contribution in [-0.4, -0.2) is 31.4 Å². The molecule has 2 aromatic heterocycles. The summed E-state index contributed by atoms with van der Waals surface area (Å²) in [5.41, 5.74) is 2.54. The largest absolute Gasteiger partial charge is 0.480 e. The number of carbonyl (C=O) groups excluding carboxylic acids is 1. The smallest absolute Gasteiger partial charge is 0.323 e. The third kappa shape index (κ3) is 2.46. The number of carbonyl (C=O) groups is 2. The van der Waals surface area contributed by atoms with Crippen LogP contribution in [0, 0.1) is 0 Å². The lowest BCUT2D eigenvalue weighted by molar-refractivity contribution is -0.137. The van der Waals surface area contributed by atoms with Gasteiger partial charge in [0.15, 0.2) is 5.78 Å². The molecule has 0 saturated heterocycles. The van der Waals surface area contributed by atoms with Gasteiger partial charge in [-0.25, -0.2) is 4.98 Å². The zero-order valence-electron chi connectivity index (χ0n) is 11.9. The molecule has 3 rings (SSSR count). The van der Waals surface area contributed by atoms with Gasteiger partial charge in [0.05, 0.1) is 11.0 Å². The van der Waals surface area contributed by atoms with Crippen LogP contribution in [0.15, 0.2) is 42.7 Å². The Hall–Kier alpha value is -3.02. The van der Waals surface area contributed by atoms with E-state index < -0.39 is 5.97 Å². The van der Waals surface area contributed by atoms with E-state index in [2.05, 4.69) is 9.97 Å². The van der Waals surface area contributed by atoms with Crippen LogP contribution >= 0.6 is 0 Å².